The maximum Gasteiger partial charge on any atom is 0.342 e. The predicted molar refractivity (Wildman–Crippen MR) is 123 cm³/mol. The third kappa shape index (κ3) is 5.09. The summed E-state index contributed by atoms with van der Waals surface area (Å²) in [6.07, 6.45) is 5.43. The van der Waals surface area contributed by atoms with Gasteiger partial charge >= 0.3 is 6.03 Å². The van der Waals surface area contributed by atoms with E-state index in [0.29, 0.717) is 17.8 Å². The van der Waals surface area contributed by atoms with E-state index in [1.807, 2.05) is 12.1 Å². The van der Waals surface area contributed by atoms with Crippen molar-refractivity contribution in [1.29, 1.82) is 0 Å². The van der Waals surface area contributed by atoms with Crippen molar-refractivity contribution in [3.05, 3.63) is 53.9 Å². The van der Waals surface area contributed by atoms with Crippen LogP contribution in [0.2, 0.25) is 5.02 Å². The second-order valence-corrected chi connectivity index (χ2v) is 8.39. The minimum atomic E-state index is -0.314. The number of rotatable bonds is 5. The summed E-state index contributed by atoms with van der Waals surface area (Å²) in [6.45, 7) is 7.05. The molecule has 1 aliphatic heterocycles. The van der Waals surface area contributed by atoms with Crippen molar-refractivity contribution in [3.8, 4) is 28.1 Å². The van der Waals surface area contributed by atoms with Crippen LogP contribution >= 0.6 is 11.6 Å². The molecule has 1 aromatic carbocycles. The normalized spacial score (nSPS) is 19.1. The van der Waals surface area contributed by atoms with Gasteiger partial charge in [-0.3, -0.25) is 9.88 Å². The third-order valence-corrected chi connectivity index (χ3v) is 5.64. The molecule has 1 amide bonds. The lowest BCUT2D eigenvalue weighted by Gasteiger charge is -2.35. The topological polar surface area (TPSA) is 92.5 Å². The van der Waals surface area contributed by atoms with Gasteiger partial charge in [0.25, 0.3) is 0 Å². The number of phenolic OH excluding ortho intramolecular Hbond substituents is 1. The van der Waals surface area contributed by atoms with E-state index in [4.69, 9.17) is 16.3 Å². The van der Waals surface area contributed by atoms with Crippen LogP contribution in [-0.2, 0) is 4.74 Å². The fourth-order valence-corrected chi connectivity index (χ4v) is 4.14. The van der Waals surface area contributed by atoms with Crippen molar-refractivity contribution in [2.75, 3.05) is 26.2 Å². The zero-order valence-corrected chi connectivity index (χ0v) is 18.8. The average Bonchev–Trinajstić information content (AvgIpc) is 3.21. The number of benzene rings is 1. The highest BCUT2D eigenvalue weighted by molar-refractivity contribution is 6.32. The van der Waals surface area contributed by atoms with Gasteiger partial charge in [-0.25, -0.2) is 4.79 Å². The summed E-state index contributed by atoms with van der Waals surface area (Å²) < 4.78 is 7.06. The number of morpholine rings is 1. The van der Waals surface area contributed by atoms with Crippen LogP contribution in [0.5, 0.6) is 5.75 Å². The SMILES string of the molecule is CC1CN(CCNC(=O)n2cc(-c3ccncc3)c(-c3ccc(O)c(Cl)c3)n2)CC(C)O1. The summed E-state index contributed by atoms with van der Waals surface area (Å²) in [5.41, 5.74) is 2.92. The number of pyridine rings is 1. The van der Waals surface area contributed by atoms with Crippen LogP contribution in [0.1, 0.15) is 13.8 Å². The van der Waals surface area contributed by atoms with Crippen LogP contribution in [0.4, 0.5) is 4.79 Å². The Bertz CT molecular complexity index is 1080. The van der Waals surface area contributed by atoms with Gasteiger partial charge in [0.2, 0.25) is 0 Å². The molecule has 2 atom stereocenters. The van der Waals surface area contributed by atoms with Crippen LogP contribution in [0, 0.1) is 0 Å². The number of aromatic hydroxyl groups is 1. The Balaban J connectivity index is 1.53. The Morgan fingerprint density at radius 1 is 1.19 bits per heavy atom. The number of carbonyl (C=O) groups excluding carboxylic acids is 1. The number of nitrogens with one attached hydrogen (secondary N) is 1. The number of aromatic nitrogens is 3. The smallest absolute Gasteiger partial charge is 0.342 e. The van der Waals surface area contributed by atoms with E-state index in [0.717, 1.165) is 30.8 Å². The molecule has 1 fully saturated rings. The maximum absolute atomic E-state index is 12.8. The molecule has 2 N–H and O–H groups in total. The molecule has 32 heavy (non-hydrogen) atoms. The van der Waals surface area contributed by atoms with Gasteiger partial charge in [0.05, 0.1) is 17.2 Å². The van der Waals surface area contributed by atoms with Crippen LogP contribution in [0.25, 0.3) is 22.4 Å². The van der Waals surface area contributed by atoms with E-state index in [9.17, 15) is 9.90 Å². The van der Waals surface area contributed by atoms with E-state index < -0.39 is 0 Å². The molecular weight excluding hydrogens is 430 g/mol. The van der Waals surface area contributed by atoms with E-state index in [-0.39, 0.29) is 29.0 Å². The molecule has 0 bridgehead atoms. The summed E-state index contributed by atoms with van der Waals surface area (Å²) in [6, 6.07) is 8.25. The molecule has 3 heterocycles. The minimum absolute atomic E-state index is 0.00944. The number of carbonyl (C=O) groups is 1. The molecule has 0 spiro atoms. The summed E-state index contributed by atoms with van der Waals surface area (Å²) in [4.78, 5) is 19.2. The molecule has 9 heteroatoms. The van der Waals surface area contributed by atoms with E-state index in [2.05, 4.69) is 34.1 Å². The van der Waals surface area contributed by atoms with Crippen molar-refractivity contribution in [3.63, 3.8) is 0 Å². The standard InChI is InChI=1S/C23H26ClN5O3/c1-15-12-28(13-16(2)32-15)10-9-26-23(31)29-14-19(17-5-7-25-8-6-17)22(27-29)18-3-4-21(30)20(24)11-18/h3-8,11,14-16,30H,9-10,12-13H2,1-2H3,(H,26,31). The van der Waals surface area contributed by atoms with Gasteiger partial charge in [-0.15, -0.1) is 0 Å². The zero-order valence-electron chi connectivity index (χ0n) is 18.0. The summed E-state index contributed by atoms with van der Waals surface area (Å²) >= 11 is 6.11. The predicted octanol–water partition coefficient (Wildman–Crippen LogP) is 3.64. The Morgan fingerprint density at radius 2 is 1.91 bits per heavy atom. The third-order valence-electron chi connectivity index (χ3n) is 5.33. The maximum atomic E-state index is 12.8. The quantitative estimate of drug-likeness (QED) is 0.610. The van der Waals surface area contributed by atoms with Gasteiger partial charge in [0.15, 0.2) is 0 Å². The first-order valence-electron chi connectivity index (χ1n) is 10.6. The highest BCUT2D eigenvalue weighted by atomic mass is 35.5. The highest BCUT2D eigenvalue weighted by Crippen LogP contribution is 2.34. The fourth-order valence-electron chi connectivity index (χ4n) is 3.96. The molecule has 1 saturated heterocycles. The average molecular weight is 456 g/mol. The van der Waals surface area contributed by atoms with Gasteiger partial charge in [-0.2, -0.15) is 9.78 Å². The first kappa shape index (κ1) is 22.3. The number of hydrogen-bond acceptors (Lipinski definition) is 6. The van der Waals surface area contributed by atoms with Crippen LogP contribution in [0.3, 0.4) is 0 Å². The molecular formula is C23H26ClN5O3. The summed E-state index contributed by atoms with van der Waals surface area (Å²) in [5, 5.41) is 17.5. The molecule has 3 aromatic rings. The first-order valence-corrected chi connectivity index (χ1v) is 10.9. The fraction of sp³-hybridized carbons (Fsp3) is 0.348. The van der Waals surface area contributed by atoms with Crippen molar-refractivity contribution in [2.45, 2.75) is 26.1 Å². The van der Waals surface area contributed by atoms with Gasteiger partial charge in [-0.1, -0.05) is 11.6 Å². The monoisotopic (exact) mass is 455 g/mol. The van der Waals surface area contributed by atoms with Crippen LogP contribution in [-0.4, -0.2) is 69.2 Å². The molecule has 4 rings (SSSR count). The second-order valence-electron chi connectivity index (χ2n) is 7.99. The number of phenols is 1. The number of halogens is 1. The van der Waals surface area contributed by atoms with E-state index >= 15 is 0 Å². The molecule has 2 unspecified atom stereocenters. The van der Waals surface area contributed by atoms with Crippen LogP contribution < -0.4 is 5.32 Å². The molecule has 2 aromatic heterocycles. The summed E-state index contributed by atoms with van der Waals surface area (Å²) in [7, 11) is 0. The molecule has 0 radical (unpaired) electrons. The number of hydrogen-bond donors (Lipinski definition) is 2. The van der Waals surface area contributed by atoms with Gasteiger partial charge in [0, 0.05) is 55.9 Å². The highest BCUT2D eigenvalue weighted by Gasteiger charge is 2.22. The van der Waals surface area contributed by atoms with Crippen LogP contribution in [0.15, 0.2) is 48.9 Å². The van der Waals surface area contributed by atoms with Gasteiger partial charge in [0.1, 0.15) is 11.4 Å². The van der Waals surface area contributed by atoms with Gasteiger partial charge in [-0.05, 0) is 49.7 Å². The van der Waals surface area contributed by atoms with Crippen molar-refractivity contribution in [1.82, 2.24) is 25.0 Å². The molecule has 0 saturated carbocycles. The first-order chi connectivity index (χ1) is 15.4. The molecule has 1 aliphatic rings. The number of amides is 1. The lowest BCUT2D eigenvalue weighted by atomic mass is 10.0. The number of nitrogens with zero attached hydrogens (tertiary/aromatic N) is 4. The second kappa shape index (κ2) is 9.68. The molecule has 8 nitrogen and oxygen atoms in total. The largest absolute Gasteiger partial charge is 0.506 e. The van der Waals surface area contributed by atoms with Crippen molar-refractivity contribution < 1.29 is 14.6 Å². The molecule has 0 aliphatic carbocycles. The van der Waals surface area contributed by atoms with Gasteiger partial charge < -0.3 is 15.2 Å². The Morgan fingerprint density at radius 3 is 2.59 bits per heavy atom. The Labute approximate surface area is 191 Å². The van der Waals surface area contributed by atoms with Crippen molar-refractivity contribution in [2.24, 2.45) is 0 Å². The Kier molecular flexibility index (Phi) is 6.74. The molecule has 168 valence electrons. The van der Waals surface area contributed by atoms with E-state index in [1.54, 1.807) is 30.7 Å². The number of ether oxygens (including phenoxy) is 1. The van der Waals surface area contributed by atoms with E-state index in [1.165, 1.54) is 10.7 Å². The Hall–Kier alpha value is -2.94. The zero-order chi connectivity index (χ0) is 22.7. The summed E-state index contributed by atoms with van der Waals surface area (Å²) in [5.74, 6) is -0.00944. The van der Waals surface area contributed by atoms with Crippen molar-refractivity contribution >= 4 is 17.6 Å². The lowest BCUT2D eigenvalue weighted by Crippen LogP contribution is -2.48. The lowest BCUT2D eigenvalue weighted by molar-refractivity contribution is -0.0672. The minimum Gasteiger partial charge on any atom is -0.506 e.